The highest BCUT2D eigenvalue weighted by Gasteiger charge is 2.15. The summed E-state index contributed by atoms with van der Waals surface area (Å²) < 4.78 is 5.69. The summed E-state index contributed by atoms with van der Waals surface area (Å²) in [7, 11) is 0. The summed E-state index contributed by atoms with van der Waals surface area (Å²) in [6.07, 6.45) is 1.54. The lowest BCUT2D eigenvalue weighted by molar-refractivity contribution is -0.115. The van der Waals surface area contributed by atoms with E-state index in [-0.39, 0.29) is 23.9 Å². The monoisotopic (exact) mass is 375 g/mol. The third kappa shape index (κ3) is 4.73. The van der Waals surface area contributed by atoms with Crippen molar-refractivity contribution in [1.29, 1.82) is 0 Å². The van der Waals surface area contributed by atoms with Crippen LogP contribution >= 0.6 is 0 Å². The molecule has 0 fully saturated rings. The first kappa shape index (κ1) is 19.1. The fraction of sp³-hybridized carbons (Fsp3) is 0.136. The Morgan fingerprint density at radius 3 is 2.54 bits per heavy atom. The minimum Gasteiger partial charge on any atom is -0.438 e. The molecule has 3 rings (SSSR count). The standard InChI is InChI=1S/C22H21N3O3/c1-15-8-6-12-19(16(15)2)25-20(26)14-24-21(27)18-11-7-13-23-22(18)28-17-9-4-3-5-10-17/h3-13H,14H2,1-2H3,(H,24,27)(H,25,26). The van der Waals surface area contributed by atoms with E-state index in [4.69, 9.17) is 4.74 Å². The van der Waals surface area contributed by atoms with E-state index in [1.807, 2.05) is 50.2 Å². The van der Waals surface area contributed by atoms with Crippen molar-refractivity contribution in [1.82, 2.24) is 10.3 Å². The number of ether oxygens (including phenoxy) is 1. The van der Waals surface area contributed by atoms with Crippen LogP contribution < -0.4 is 15.4 Å². The molecule has 0 radical (unpaired) electrons. The number of anilines is 1. The average molecular weight is 375 g/mol. The van der Waals surface area contributed by atoms with Crippen molar-refractivity contribution in [2.24, 2.45) is 0 Å². The number of para-hydroxylation sites is 1. The van der Waals surface area contributed by atoms with Crippen molar-refractivity contribution in [3.05, 3.63) is 83.6 Å². The van der Waals surface area contributed by atoms with E-state index in [0.717, 1.165) is 16.8 Å². The molecule has 0 aliphatic carbocycles. The number of aromatic nitrogens is 1. The predicted molar refractivity (Wildman–Crippen MR) is 108 cm³/mol. The van der Waals surface area contributed by atoms with Gasteiger partial charge in [-0.1, -0.05) is 30.3 Å². The molecule has 0 saturated heterocycles. The zero-order valence-electron chi connectivity index (χ0n) is 15.7. The number of amides is 2. The molecule has 0 saturated carbocycles. The number of rotatable bonds is 6. The predicted octanol–water partition coefficient (Wildman–Crippen LogP) is 3.86. The largest absolute Gasteiger partial charge is 0.438 e. The number of aryl methyl sites for hydroxylation is 1. The second-order valence-electron chi connectivity index (χ2n) is 6.25. The van der Waals surface area contributed by atoms with Gasteiger partial charge in [-0.3, -0.25) is 9.59 Å². The van der Waals surface area contributed by atoms with Crippen LogP contribution in [0.2, 0.25) is 0 Å². The van der Waals surface area contributed by atoms with Crippen molar-refractivity contribution < 1.29 is 14.3 Å². The number of nitrogens with one attached hydrogen (secondary N) is 2. The first-order valence-corrected chi connectivity index (χ1v) is 8.87. The second kappa shape index (κ2) is 8.81. The summed E-state index contributed by atoms with van der Waals surface area (Å²) in [6, 6.07) is 18.0. The maximum absolute atomic E-state index is 12.5. The van der Waals surface area contributed by atoms with Gasteiger partial charge in [-0.2, -0.15) is 0 Å². The van der Waals surface area contributed by atoms with E-state index in [0.29, 0.717) is 5.75 Å². The van der Waals surface area contributed by atoms with Crippen molar-refractivity contribution in [2.75, 3.05) is 11.9 Å². The Bertz CT molecular complexity index is 987. The molecule has 1 aromatic heterocycles. The Kier molecular flexibility index (Phi) is 6.01. The molecule has 0 unspecified atom stereocenters. The van der Waals surface area contributed by atoms with Crippen LogP contribution in [0.15, 0.2) is 66.9 Å². The van der Waals surface area contributed by atoms with Gasteiger partial charge in [0.1, 0.15) is 11.3 Å². The summed E-state index contributed by atoms with van der Waals surface area (Å²) in [5.74, 6) is 0.00988. The number of hydrogen-bond acceptors (Lipinski definition) is 4. The molecule has 0 aliphatic rings. The number of carbonyl (C=O) groups is 2. The summed E-state index contributed by atoms with van der Waals surface area (Å²) in [4.78, 5) is 28.9. The summed E-state index contributed by atoms with van der Waals surface area (Å²) in [5.41, 5.74) is 3.06. The van der Waals surface area contributed by atoms with E-state index >= 15 is 0 Å². The Morgan fingerprint density at radius 2 is 1.75 bits per heavy atom. The Balaban J connectivity index is 1.63. The first-order chi connectivity index (χ1) is 13.5. The average Bonchev–Trinajstić information content (AvgIpc) is 2.71. The lowest BCUT2D eigenvalue weighted by atomic mass is 10.1. The maximum Gasteiger partial charge on any atom is 0.257 e. The zero-order valence-corrected chi connectivity index (χ0v) is 15.7. The normalized spacial score (nSPS) is 10.2. The summed E-state index contributed by atoms with van der Waals surface area (Å²) in [5, 5.41) is 5.42. The third-order valence-electron chi connectivity index (χ3n) is 4.26. The molecular formula is C22H21N3O3. The molecule has 6 heteroatoms. The summed E-state index contributed by atoms with van der Waals surface area (Å²) in [6.45, 7) is 3.75. The summed E-state index contributed by atoms with van der Waals surface area (Å²) >= 11 is 0. The molecule has 2 aromatic carbocycles. The van der Waals surface area contributed by atoms with Gasteiger partial charge in [0, 0.05) is 11.9 Å². The van der Waals surface area contributed by atoms with Gasteiger partial charge in [0.05, 0.1) is 6.54 Å². The fourth-order valence-corrected chi connectivity index (χ4v) is 2.58. The molecule has 28 heavy (non-hydrogen) atoms. The van der Waals surface area contributed by atoms with Gasteiger partial charge < -0.3 is 15.4 Å². The molecule has 0 atom stereocenters. The first-order valence-electron chi connectivity index (χ1n) is 8.87. The SMILES string of the molecule is Cc1cccc(NC(=O)CNC(=O)c2cccnc2Oc2ccccc2)c1C. The van der Waals surface area contributed by atoms with Crippen LogP contribution in [0.3, 0.4) is 0 Å². The highest BCUT2D eigenvalue weighted by Crippen LogP contribution is 2.22. The van der Waals surface area contributed by atoms with Crippen LogP contribution in [-0.2, 0) is 4.79 Å². The number of hydrogen-bond donors (Lipinski definition) is 2. The quantitative estimate of drug-likeness (QED) is 0.686. The van der Waals surface area contributed by atoms with E-state index in [9.17, 15) is 9.59 Å². The van der Waals surface area contributed by atoms with Gasteiger partial charge in [-0.15, -0.1) is 0 Å². The Labute approximate surface area is 163 Å². The minimum atomic E-state index is -0.435. The molecule has 0 aliphatic heterocycles. The van der Waals surface area contributed by atoms with Gasteiger partial charge in [-0.05, 0) is 55.3 Å². The van der Waals surface area contributed by atoms with Crippen LogP contribution in [0.4, 0.5) is 5.69 Å². The van der Waals surface area contributed by atoms with Gasteiger partial charge in [0.2, 0.25) is 11.8 Å². The third-order valence-corrected chi connectivity index (χ3v) is 4.26. The zero-order chi connectivity index (χ0) is 19.9. The molecule has 6 nitrogen and oxygen atoms in total. The number of benzene rings is 2. The molecular weight excluding hydrogens is 354 g/mol. The van der Waals surface area contributed by atoms with E-state index < -0.39 is 5.91 Å². The lowest BCUT2D eigenvalue weighted by Crippen LogP contribution is -2.33. The van der Waals surface area contributed by atoms with Crippen molar-refractivity contribution in [3.8, 4) is 11.6 Å². The Hall–Kier alpha value is -3.67. The highest BCUT2D eigenvalue weighted by atomic mass is 16.5. The van der Waals surface area contributed by atoms with Crippen LogP contribution in [0.25, 0.3) is 0 Å². The van der Waals surface area contributed by atoms with Crippen molar-refractivity contribution in [3.63, 3.8) is 0 Å². The van der Waals surface area contributed by atoms with E-state index in [1.54, 1.807) is 30.5 Å². The molecule has 142 valence electrons. The number of pyridine rings is 1. The molecule has 0 spiro atoms. The van der Waals surface area contributed by atoms with Crippen LogP contribution in [0, 0.1) is 13.8 Å². The van der Waals surface area contributed by atoms with Crippen LogP contribution in [0.1, 0.15) is 21.5 Å². The second-order valence-corrected chi connectivity index (χ2v) is 6.25. The van der Waals surface area contributed by atoms with Gasteiger partial charge >= 0.3 is 0 Å². The van der Waals surface area contributed by atoms with Crippen molar-refractivity contribution in [2.45, 2.75) is 13.8 Å². The van der Waals surface area contributed by atoms with Crippen molar-refractivity contribution >= 4 is 17.5 Å². The maximum atomic E-state index is 12.5. The molecule has 3 aromatic rings. The number of carbonyl (C=O) groups excluding carboxylic acids is 2. The van der Waals surface area contributed by atoms with Gasteiger partial charge in [0.25, 0.3) is 5.91 Å². The number of nitrogens with zero attached hydrogens (tertiary/aromatic N) is 1. The molecule has 1 heterocycles. The molecule has 2 N–H and O–H groups in total. The minimum absolute atomic E-state index is 0.161. The fourth-order valence-electron chi connectivity index (χ4n) is 2.58. The highest BCUT2D eigenvalue weighted by molar-refractivity contribution is 6.00. The van der Waals surface area contributed by atoms with Gasteiger partial charge in [0.15, 0.2) is 0 Å². The van der Waals surface area contributed by atoms with Crippen LogP contribution in [0.5, 0.6) is 11.6 Å². The topological polar surface area (TPSA) is 80.3 Å². The lowest BCUT2D eigenvalue weighted by Gasteiger charge is -2.12. The van der Waals surface area contributed by atoms with Crippen LogP contribution in [-0.4, -0.2) is 23.3 Å². The Morgan fingerprint density at radius 1 is 0.964 bits per heavy atom. The molecule has 0 bridgehead atoms. The molecule has 2 amide bonds. The van der Waals surface area contributed by atoms with E-state index in [1.165, 1.54) is 0 Å². The van der Waals surface area contributed by atoms with Gasteiger partial charge in [-0.25, -0.2) is 4.98 Å². The smallest absolute Gasteiger partial charge is 0.257 e. The van der Waals surface area contributed by atoms with E-state index in [2.05, 4.69) is 15.6 Å².